The van der Waals surface area contributed by atoms with E-state index >= 15 is 0 Å². The lowest BCUT2D eigenvalue weighted by atomic mass is 10.0. The van der Waals surface area contributed by atoms with Gasteiger partial charge < -0.3 is 15.0 Å². The van der Waals surface area contributed by atoms with Gasteiger partial charge in [-0.25, -0.2) is 23.3 Å². The van der Waals surface area contributed by atoms with Crippen LogP contribution in [0.25, 0.3) is 10.1 Å². The highest BCUT2D eigenvalue weighted by atomic mass is 32.2. The summed E-state index contributed by atoms with van der Waals surface area (Å²) in [5.41, 5.74) is 0.725. The van der Waals surface area contributed by atoms with Crippen molar-refractivity contribution in [3.8, 4) is 5.88 Å². The van der Waals surface area contributed by atoms with Crippen LogP contribution in [0.3, 0.4) is 0 Å². The molecule has 210 valence electrons. The summed E-state index contributed by atoms with van der Waals surface area (Å²) in [6.07, 6.45) is 0.921. The lowest BCUT2D eigenvalue weighted by Gasteiger charge is -2.26. The Morgan fingerprint density at radius 1 is 1.02 bits per heavy atom. The lowest BCUT2D eigenvalue weighted by Crippen LogP contribution is -2.54. The minimum absolute atomic E-state index is 0.0853. The number of rotatable bonds is 9. The molecule has 0 unspecified atom stereocenters. The number of aromatic nitrogens is 1. The predicted octanol–water partition coefficient (Wildman–Crippen LogP) is 3.84. The Morgan fingerprint density at radius 3 is 2.38 bits per heavy atom. The predicted molar refractivity (Wildman–Crippen MR) is 149 cm³/mol. The van der Waals surface area contributed by atoms with Crippen LogP contribution in [0.2, 0.25) is 0 Å². The highest BCUT2D eigenvalue weighted by Crippen LogP contribution is 2.26. The van der Waals surface area contributed by atoms with E-state index in [1.807, 2.05) is 22.2 Å². The van der Waals surface area contributed by atoms with E-state index in [-0.39, 0.29) is 23.6 Å². The first-order valence-electron chi connectivity index (χ1n) is 11.7. The number of nitrogens with zero attached hydrogens (tertiary/aromatic N) is 3. The Bertz CT molecular complexity index is 1630. The molecule has 0 saturated heterocycles. The summed E-state index contributed by atoms with van der Waals surface area (Å²) in [4.78, 5) is 31.6. The molecule has 1 atom stereocenters. The molecule has 3 amide bonds. The lowest BCUT2D eigenvalue weighted by molar-refractivity contribution is -0.120. The number of halogens is 2. The quantitative estimate of drug-likeness (QED) is 0.306. The molecule has 2 aromatic heterocycles. The Morgan fingerprint density at radius 2 is 1.73 bits per heavy atom. The highest BCUT2D eigenvalue weighted by molar-refractivity contribution is 7.91. The summed E-state index contributed by atoms with van der Waals surface area (Å²) in [5, 5.41) is 5.15. The molecule has 2 aromatic carbocycles. The summed E-state index contributed by atoms with van der Waals surface area (Å²) in [6, 6.07) is 10.2. The van der Waals surface area contributed by atoms with Gasteiger partial charge in [-0.15, -0.1) is 11.3 Å². The Hall–Kier alpha value is -4.30. The van der Waals surface area contributed by atoms with Crippen LogP contribution in [0.15, 0.2) is 66.2 Å². The van der Waals surface area contributed by atoms with Gasteiger partial charge in [0.1, 0.15) is 17.7 Å². The van der Waals surface area contributed by atoms with Crippen molar-refractivity contribution in [2.45, 2.75) is 12.5 Å². The van der Waals surface area contributed by atoms with Crippen molar-refractivity contribution in [2.75, 3.05) is 30.4 Å². The van der Waals surface area contributed by atoms with Crippen LogP contribution in [-0.2, 0) is 21.4 Å². The summed E-state index contributed by atoms with van der Waals surface area (Å²) < 4.78 is 62.0. The fourth-order valence-corrected chi connectivity index (χ4v) is 5.47. The number of anilines is 2. The monoisotopic (exact) mass is 589 g/mol. The van der Waals surface area contributed by atoms with E-state index in [9.17, 15) is 26.8 Å². The van der Waals surface area contributed by atoms with E-state index in [2.05, 4.69) is 10.3 Å². The van der Waals surface area contributed by atoms with Gasteiger partial charge in [0.05, 0.1) is 19.0 Å². The maximum absolute atomic E-state index is 13.9. The zero-order valence-electron chi connectivity index (χ0n) is 21.6. The van der Waals surface area contributed by atoms with Crippen LogP contribution < -0.4 is 24.0 Å². The molecular formula is C26H25F2N5O5S2. The molecule has 2 heterocycles. The minimum Gasteiger partial charge on any atom is -0.481 e. The molecule has 2 N–H and O–H groups in total. The fraction of sp³-hybridized carbons (Fsp3) is 0.192. The molecule has 4 rings (SSSR count). The number of carbonyl (C=O) groups excluding carboxylic acids is 2. The minimum atomic E-state index is -4.43. The van der Waals surface area contributed by atoms with Crippen molar-refractivity contribution < 1.29 is 31.5 Å². The molecule has 10 nitrogen and oxygen atoms in total. The highest BCUT2D eigenvalue weighted by Gasteiger charge is 2.29. The summed E-state index contributed by atoms with van der Waals surface area (Å²) >= 11 is 1.53. The van der Waals surface area contributed by atoms with E-state index in [0.29, 0.717) is 11.8 Å². The third-order valence-corrected chi connectivity index (χ3v) is 8.27. The molecule has 0 bridgehead atoms. The van der Waals surface area contributed by atoms with E-state index in [0.717, 1.165) is 26.5 Å². The molecule has 0 radical (unpaired) electrons. The number of thiophene rings is 1. The van der Waals surface area contributed by atoms with Crippen LogP contribution >= 0.6 is 11.3 Å². The largest absolute Gasteiger partial charge is 0.481 e. The van der Waals surface area contributed by atoms with Gasteiger partial charge in [0.2, 0.25) is 11.8 Å². The van der Waals surface area contributed by atoms with Gasteiger partial charge in [-0.05, 0) is 58.8 Å². The van der Waals surface area contributed by atoms with Crippen molar-refractivity contribution in [1.82, 2.24) is 15.0 Å². The molecule has 40 heavy (non-hydrogen) atoms. The van der Waals surface area contributed by atoms with Crippen molar-refractivity contribution in [3.05, 3.63) is 83.4 Å². The van der Waals surface area contributed by atoms with Crippen molar-refractivity contribution in [1.29, 1.82) is 0 Å². The Balaban J connectivity index is 1.56. The first-order chi connectivity index (χ1) is 19.0. The molecule has 0 saturated carbocycles. The topological polar surface area (TPSA) is 121 Å². The smallest absolute Gasteiger partial charge is 0.330 e. The number of benzene rings is 2. The van der Waals surface area contributed by atoms with Gasteiger partial charge in [-0.3, -0.25) is 9.10 Å². The van der Waals surface area contributed by atoms with Crippen LogP contribution in [0, 0.1) is 11.6 Å². The first-order valence-corrected chi connectivity index (χ1v) is 14.1. The number of fused-ring (bicyclic) bond motifs is 1. The Kier molecular flexibility index (Phi) is 8.49. The standard InChI is InChI=1S/C26H25F2N5O5S2/c1-32(20-4-6-23-17(13-20)8-9-39-23)25(34)22(12-16-10-18(27)14-19(28)11-16)30-26(35)31-40(36,37)33(2)21-5-7-24(38-3)29-15-21/h4-11,13-15,22H,12H2,1-3H3,(H2,30,31,35)/t22-/m0/s1. The number of nitrogens with one attached hydrogen (secondary N) is 2. The molecule has 0 aliphatic rings. The van der Waals surface area contributed by atoms with E-state index in [1.165, 1.54) is 55.8 Å². The molecule has 0 fully saturated rings. The number of methoxy groups -OCH3 is 1. The molecule has 0 aliphatic carbocycles. The number of hydrogen-bond acceptors (Lipinski definition) is 7. The molecular weight excluding hydrogens is 564 g/mol. The van der Waals surface area contributed by atoms with Crippen molar-refractivity contribution in [2.24, 2.45) is 0 Å². The number of pyridine rings is 1. The zero-order chi connectivity index (χ0) is 29.0. The normalized spacial score (nSPS) is 12.0. The maximum Gasteiger partial charge on any atom is 0.330 e. The van der Waals surface area contributed by atoms with Crippen molar-refractivity contribution >= 4 is 54.9 Å². The summed E-state index contributed by atoms with van der Waals surface area (Å²) in [5.74, 6) is -2.10. The second-order valence-electron chi connectivity index (χ2n) is 8.68. The number of hydrogen-bond donors (Lipinski definition) is 2. The number of amides is 3. The van der Waals surface area contributed by atoms with Crippen LogP contribution in [-0.4, -0.2) is 52.6 Å². The van der Waals surface area contributed by atoms with E-state index in [4.69, 9.17) is 4.74 Å². The van der Waals surface area contributed by atoms with Gasteiger partial charge in [0, 0.05) is 43.0 Å². The molecule has 4 aromatic rings. The fourth-order valence-electron chi connectivity index (χ4n) is 3.88. The summed E-state index contributed by atoms with van der Waals surface area (Å²) in [6.45, 7) is 0. The van der Waals surface area contributed by atoms with Gasteiger partial charge in [0.25, 0.3) is 0 Å². The summed E-state index contributed by atoms with van der Waals surface area (Å²) in [7, 11) is -0.346. The van der Waals surface area contributed by atoms with E-state index < -0.39 is 39.8 Å². The van der Waals surface area contributed by atoms with Crippen molar-refractivity contribution in [3.63, 3.8) is 0 Å². The van der Waals surface area contributed by atoms with Gasteiger partial charge >= 0.3 is 16.2 Å². The third kappa shape index (κ3) is 6.63. The number of urea groups is 1. The van der Waals surface area contributed by atoms with Crippen LogP contribution in [0.4, 0.5) is 25.0 Å². The van der Waals surface area contributed by atoms with Crippen LogP contribution in [0.1, 0.15) is 5.56 Å². The van der Waals surface area contributed by atoms with Gasteiger partial charge in [0.15, 0.2) is 0 Å². The van der Waals surface area contributed by atoms with E-state index in [1.54, 1.807) is 12.1 Å². The average Bonchev–Trinajstić information content (AvgIpc) is 3.38. The first kappa shape index (κ1) is 28.7. The van der Waals surface area contributed by atoms with Crippen LogP contribution in [0.5, 0.6) is 5.88 Å². The third-order valence-electron chi connectivity index (χ3n) is 6.00. The molecule has 0 spiro atoms. The number of carbonyl (C=O) groups is 2. The Labute approximate surface area is 233 Å². The second kappa shape index (κ2) is 11.8. The molecule has 0 aliphatic heterocycles. The molecule has 14 heteroatoms. The second-order valence-corrected chi connectivity index (χ2v) is 11.3. The SMILES string of the molecule is COc1ccc(N(C)S(=O)(=O)NC(=O)N[C@@H](Cc2cc(F)cc(F)c2)C(=O)N(C)c2ccc3sccc3c2)cn1. The number of ether oxygens (including phenoxy) is 1. The maximum atomic E-state index is 13.9. The van der Waals surface area contributed by atoms with Gasteiger partial charge in [-0.2, -0.15) is 8.42 Å². The zero-order valence-corrected chi connectivity index (χ0v) is 23.2. The van der Waals surface area contributed by atoms with Gasteiger partial charge in [-0.1, -0.05) is 0 Å². The number of likely N-dealkylation sites (N-methyl/N-ethyl adjacent to an activating group) is 1. The average molecular weight is 590 g/mol.